The Balaban J connectivity index is 1.87. The number of hydrogen-bond acceptors (Lipinski definition) is 7. The van der Waals surface area contributed by atoms with Crippen molar-refractivity contribution in [3.8, 4) is 0 Å². The fourth-order valence-electron chi connectivity index (χ4n) is 3.36. The lowest BCUT2D eigenvalue weighted by Gasteiger charge is -2.16. The van der Waals surface area contributed by atoms with Gasteiger partial charge in [0.1, 0.15) is 5.76 Å². The third kappa shape index (κ3) is 6.47. The van der Waals surface area contributed by atoms with Crippen LogP contribution in [0.3, 0.4) is 0 Å². The molecule has 0 fully saturated rings. The molecule has 1 atom stereocenters. The number of methoxy groups -OCH3 is 1. The van der Waals surface area contributed by atoms with E-state index in [-0.39, 0.29) is 29.8 Å². The van der Waals surface area contributed by atoms with E-state index in [0.717, 1.165) is 12.8 Å². The zero-order chi connectivity index (χ0) is 24.0. The first-order valence-electron chi connectivity index (χ1n) is 10.9. The summed E-state index contributed by atoms with van der Waals surface area (Å²) in [6.45, 7) is 6.47. The Morgan fingerprint density at radius 2 is 2.00 bits per heavy atom. The fourth-order valence-corrected chi connectivity index (χ4v) is 4.17. The van der Waals surface area contributed by atoms with Crippen molar-refractivity contribution in [3.63, 3.8) is 0 Å². The predicted octanol–water partition coefficient (Wildman–Crippen LogP) is 3.86. The van der Waals surface area contributed by atoms with Crippen LogP contribution < -0.4 is 10.9 Å². The zero-order valence-corrected chi connectivity index (χ0v) is 20.1. The molecule has 0 spiro atoms. The maximum absolute atomic E-state index is 13.2. The molecule has 176 valence electrons. The molecule has 1 aromatic carbocycles. The van der Waals surface area contributed by atoms with E-state index >= 15 is 0 Å². The number of amides is 1. The second kappa shape index (κ2) is 11.2. The first-order chi connectivity index (χ1) is 15.8. The molecule has 2 aromatic heterocycles. The molecule has 9 heteroatoms. The second-order valence-corrected chi connectivity index (χ2v) is 9.26. The van der Waals surface area contributed by atoms with E-state index < -0.39 is 5.97 Å². The third-order valence-corrected chi connectivity index (χ3v) is 6.13. The van der Waals surface area contributed by atoms with Gasteiger partial charge >= 0.3 is 5.97 Å². The number of aromatic nitrogens is 2. The largest absolute Gasteiger partial charge is 0.467 e. The molecule has 0 aliphatic carbocycles. The van der Waals surface area contributed by atoms with Gasteiger partial charge in [-0.1, -0.05) is 25.6 Å². The topological polar surface area (TPSA) is 103 Å². The molecule has 2 heterocycles. The molecule has 3 rings (SSSR count). The normalized spacial score (nSPS) is 12.2. The summed E-state index contributed by atoms with van der Waals surface area (Å²) < 4.78 is 11.7. The lowest BCUT2D eigenvalue weighted by molar-refractivity contribution is -0.119. The molecule has 33 heavy (non-hydrogen) atoms. The van der Waals surface area contributed by atoms with Crippen LogP contribution >= 0.6 is 11.8 Å². The van der Waals surface area contributed by atoms with E-state index in [9.17, 15) is 14.4 Å². The summed E-state index contributed by atoms with van der Waals surface area (Å²) in [5.41, 5.74) is 0.390. The number of benzene rings is 1. The van der Waals surface area contributed by atoms with E-state index in [1.807, 2.05) is 6.92 Å². The van der Waals surface area contributed by atoms with Crippen molar-refractivity contribution >= 4 is 34.5 Å². The molecule has 8 nitrogen and oxygen atoms in total. The average Bonchev–Trinajstić information content (AvgIpc) is 3.30. The average molecular weight is 472 g/mol. The van der Waals surface area contributed by atoms with Gasteiger partial charge < -0.3 is 14.5 Å². The number of nitrogens with one attached hydrogen (secondary N) is 1. The Hall–Kier alpha value is -3.07. The maximum atomic E-state index is 13.2. The summed E-state index contributed by atoms with van der Waals surface area (Å²) in [7, 11) is 1.29. The van der Waals surface area contributed by atoms with Gasteiger partial charge in [-0.3, -0.25) is 14.2 Å². The molecule has 0 bridgehead atoms. The number of thioether (sulfide) groups is 1. The van der Waals surface area contributed by atoms with Crippen LogP contribution in [-0.4, -0.2) is 40.3 Å². The molecule has 0 radical (unpaired) electrons. The number of fused-ring (bicyclic) bond motifs is 1. The first-order valence-corrected chi connectivity index (χ1v) is 11.8. The van der Waals surface area contributed by atoms with Crippen molar-refractivity contribution in [1.29, 1.82) is 0 Å². The molecule has 0 saturated carbocycles. The highest BCUT2D eigenvalue weighted by Gasteiger charge is 2.17. The standard InChI is InChI=1S/C24H29N3O5S/c1-15(2)7-8-16(3)25-21(28)14-33-24-26-20-12-17(23(30)31-4)9-10-19(20)22(29)27(24)13-18-6-5-11-32-18/h5-6,9-12,15-16H,7-8,13-14H2,1-4H3,(H,25,28)/t16-/m1/s1. The number of carbonyl (C=O) groups excluding carboxylic acids is 2. The van der Waals surface area contributed by atoms with Crippen LogP contribution in [0, 0.1) is 5.92 Å². The van der Waals surface area contributed by atoms with Gasteiger partial charge in [-0.25, -0.2) is 9.78 Å². The van der Waals surface area contributed by atoms with E-state index in [1.165, 1.54) is 41.8 Å². The third-order valence-electron chi connectivity index (χ3n) is 5.15. The monoisotopic (exact) mass is 471 g/mol. The van der Waals surface area contributed by atoms with Gasteiger partial charge in [0.2, 0.25) is 5.91 Å². The number of carbonyl (C=O) groups is 2. The van der Waals surface area contributed by atoms with Crippen LogP contribution in [0.25, 0.3) is 10.9 Å². The van der Waals surface area contributed by atoms with Crippen molar-refractivity contribution in [2.45, 2.75) is 51.4 Å². The Kier molecular flexibility index (Phi) is 8.32. The number of nitrogens with zero attached hydrogens (tertiary/aromatic N) is 2. The van der Waals surface area contributed by atoms with Gasteiger partial charge in [-0.15, -0.1) is 0 Å². The summed E-state index contributed by atoms with van der Waals surface area (Å²) >= 11 is 1.17. The summed E-state index contributed by atoms with van der Waals surface area (Å²) in [5, 5.41) is 3.74. The number of hydrogen-bond donors (Lipinski definition) is 1. The highest BCUT2D eigenvalue weighted by molar-refractivity contribution is 7.99. The molecule has 0 aliphatic heterocycles. The van der Waals surface area contributed by atoms with Crippen LogP contribution in [0.1, 0.15) is 49.7 Å². The SMILES string of the molecule is COC(=O)c1ccc2c(=O)n(Cc3ccco3)c(SCC(=O)N[C@H](C)CCC(C)C)nc2c1. The zero-order valence-electron chi connectivity index (χ0n) is 19.3. The van der Waals surface area contributed by atoms with Crippen LogP contribution in [0.4, 0.5) is 0 Å². The van der Waals surface area contributed by atoms with E-state index in [1.54, 1.807) is 18.2 Å². The number of rotatable bonds is 10. The smallest absolute Gasteiger partial charge is 0.337 e. The minimum absolute atomic E-state index is 0.0676. The van der Waals surface area contributed by atoms with Crippen LogP contribution in [-0.2, 0) is 16.1 Å². The molecular weight excluding hydrogens is 442 g/mol. The summed E-state index contributed by atoms with van der Waals surface area (Å²) in [6.07, 6.45) is 3.48. The van der Waals surface area contributed by atoms with Crippen molar-refractivity contribution in [2.75, 3.05) is 12.9 Å². The molecule has 1 N–H and O–H groups in total. The van der Waals surface area contributed by atoms with Gasteiger partial charge in [0, 0.05) is 6.04 Å². The summed E-state index contributed by atoms with van der Waals surface area (Å²) in [5.74, 6) is 0.643. The number of furan rings is 1. The van der Waals surface area contributed by atoms with Crippen LogP contribution in [0.5, 0.6) is 0 Å². The minimum Gasteiger partial charge on any atom is -0.467 e. The van der Waals surface area contributed by atoms with Gasteiger partial charge in [0.05, 0.1) is 42.1 Å². The molecule has 1 amide bonds. The lowest BCUT2D eigenvalue weighted by Crippen LogP contribution is -2.34. The van der Waals surface area contributed by atoms with Crippen LogP contribution in [0.2, 0.25) is 0 Å². The van der Waals surface area contributed by atoms with Crippen molar-refractivity contribution in [1.82, 2.24) is 14.9 Å². The molecule has 3 aromatic rings. The van der Waals surface area contributed by atoms with Crippen LogP contribution in [0.15, 0.2) is 51.0 Å². The molecule has 0 saturated heterocycles. The Morgan fingerprint density at radius 3 is 2.67 bits per heavy atom. The highest BCUT2D eigenvalue weighted by Crippen LogP contribution is 2.20. The molecular formula is C24H29N3O5S. The Morgan fingerprint density at radius 1 is 1.21 bits per heavy atom. The molecule has 0 aliphatic rings. The minimum atomic E-state index is -0.512. The number of ether oxygens (including phenoxy) is 1. The predicted molar refractivity (Wildman–Crippen MR) is 128 cm³/mol. The van der Waals surface area contributed by atoms with Crippen molar-refractivity contribution in [2.24, 2.45) is 5.92 Å². The van der Waals surface area contributed by atoms with Crippen molar-refractivity contribution < 1.29 is 18.7 Å². The van der Waals surface area contributed by atoms with E-state index in [4.69, 9.17) is 9.15 Å². The quantitative estimate of drug-likeness (QED) is 0.272. The summed E-state index contributed by atoms with van der Waals surface area (Å²) in [4.78, 5) is 42.3. The molecule has 0 unspecified atom stereocenters. The second-order valence-electron chi connectivity index (χ2n) is 8.32. The Bertz CT molecular complexity index is 1170. The van der Waals surface area contributed by atoms with Crippen molar-refractivity contribution in [3.05, 3.63) is 58.3 Å². The maximum Gasteiger partial charge on any atom is 0.337 e. The summed E-state index contributed by atoms with van der Waals surface area (Å²) in [6, 6.07) is 8.21. The van der Waals surface area contributed by atoms with E-state index in [0.29, 0.717) is 33.3 Å². The van der Waals surface area contributed by atoms with E-state index in [2.05, 4.69) is 24.1 Å². The lowest BCUT2D eigenvalue weighted by atomic mass is 10.0. The fraction of sp³-hybridized carbons (Fsp3) is 0.417. The van der Waals surface area contributed by atoms with Gasteiger partial charge in [0.15, 0.2) is 5.16 Å². The highest BCUT2D eigenvalue weighted by atomic mass is 32.2. The Labute approximate surface area is 196 Å². The van der Waals surface area contributed by atoms with Gasteiger partial charge in [0.25, 0.3) is 5.56 Å². The first kappa shape index (κ1) is 24.6. The van der Waals surface area contributed by atoms with Gasteiger partial charge in [-0.05, 0) is 56.0 Å². The van der Waals surface area contributed by atoms with Gasteiger partial charge in [-0.2, -0.15) is 0 Å². The number of esters is 1.